The molecule has 0 spiro atoms. The predicted octanol–water partition coefficient (Wildman–Crippen LogP) is 14.8. The molecule has 0 unspecified atom stereocenters. The van der Waals surface area contributed by atoms with Crippen LogP contribution >= 0.6 is 29.0 Å². The van der Waals surface area contributed by atoms with Gasteiger partial charge in [0, 0.05) is 0 Å². The van der Waals surface area contributed by atoms with Crippen LogP contribution in [0.25, 0.3) is 0 Å². The van der Waals surface area contributed by atoms with Crippen LogP contribution in [0.5, 0.6) is 57.5 Å². The third-order valence-electron chi connectivity index (χ3n) is 10.8. The number of ether oxygens (including phenoxy) is 4. The fraction of sp³-hybridized carbons (Fsp3) is 0.280. The highest BCUT2D eigenvalue weighted by molar-refractivity contribution is 7.99. The molecule has 0 bridgehead atoms. The Kier molecular flexibility index (Phi) is 16.2. The van der Waals surface area contributed by atoms with E-state index in [0.29, 0.717) is 57.5 Å². The van der Waals surface area contributed by atoms with Gasteiger partial charge in [0.05, 0.1) is 38.2 Å². The van der Waals surface area contributed by atoms with Crippen LogP contribution in [0, 0.1) is 0 Å². The van der Waals surface area contributed by atoms with Gasteiger partial charge in [0.25, 0.3) is 0 Å². The molecule has 332 valence electrons. The maximum atomic E-state index is 6.85. The lowest BCUT2D eigenvalue weighted by molar-refractivity contribution is 0.345. The molecule has 0 aliphatic rings. The van der Waals surface area contributed by atoms with Gasteiger partial charge in [0.15, 0.2) is 46.0 Å². The van der Waals surface area contributed by atoms with Crippen molar-refractivity contribution < 1.29 is 46.1 Å². The maximum absolute atomic E-state index is 6.85. The number of hydrogen-bond donors (Lipinski definition) is 0. The molecule has 0 fully saturated rings. The Hall–Kier alpha value is -5.47. The number of rotatable bonds is 22. The maximum Gasteiger partial charge on any atom is 0.530 e. The van der Waals surface area contributed by atoms with Crippen LogP contribution in [0.3, 0.4) is 0 Å². The highest BCUT2D eigenvalue weighted by Crippen LogP contribution is 2.53. The van der Waals surface area contributed by atoms with E-state index in [1.807, 2.05) is 109 Å². The van der Waals surface area contributed by atoms with Gasteiger partial charge in [0.2, 0.25) is 0 Å². The van der Waals surface area contributed by atoms with Crippen LogP contribution < -0.4 is 46.1 Å². The van der Waals surface area contributed by atoms with Gasteiger partial charge in [-0.1, -0.05) is 114 Å². The number of benzene rings is 6. The predicted molar refractivity (Wildman–Crippen MR) is 253 cm³/mol. The summed E-state index contributed by atoms with van der Waals surface area (Å²) in [5.74, 6) is 5.05. The average Bonchev–Trinajstić information content (AvgIpc) is 3.30. The van der Waals surface area contributed by atoms with Crippen LogP contribution in [0.2, 0.25) is 0 Å². The molecule has 0 aliphatic heterocycles. The van der Waals surface area contributed by atoms with Gasteiger partial charge in [-0.3, -0.25) is 0 Å². The Morgan fingerprint density at radius 3 is 0.873 bits per heavy atom. The highest BCUT2D eigenvalue weighted by Gasteiger charge is 2.30. The van der Waals surface area contributed by atoms with Crippen molar-refractivity contribution in [2.24, 2.45) is 0 Å². The van der Waals surface area contributed by atoms with Crippen molar-refractivity contribution in [1.82, 2.24) is 0 Å². The molecule has 0 atom stereocenters. The first-order valence-electron chi connectivity index (χ1n) is 20.6. The summed E-state index contributed by atoms with van der Waals surface area (Å²) in [7, 11) is 2.09. The zero-order chi connectivity index (χ0) is 45.0. The van der Waals surface area contributed by atoms with E-state index in [2.05, 4.69) is 65.8 Å². The van der Waals surface area contributed by atoms with E-state index < -0.39 is 17.2 Å². The summed E-state index contributed by atoms with van der Waals surface area (Å²) < 4.78 is 62.4. The Labute approximate surface area is 379 Å². The van der Waals surface area contributed by atoms with Gasteiger partial charge in [0.1, 0.15) is 11.5 Å². The second kappa shape index (κ2) is 21.7. The van der Waals surface area contributed by atoms with Crippen LogP contribution in [-0.2, 0) is 10.8 Å². The fourth-order valence-corrected chi connectivity index (χ4v) is 9.33. The van der Waals surface area contributed by atoms with E-state index in [1.54, 1.807) is 28.4 Å². The van der Waals surface area contributed by atoms with E-state index in [0.717, 1.165) is 33.8 Å². The van der Waals surface area contributed by atoms with Crippen molar-refractivity contribution in [2.75, 3.05) is 28.4 Å². The number of hydrogen-bond acceptors (Lipinski definition) is 11. The van der Waals surface area contributed by atoms with Crippen LogP contribution in [-0.4, -0.2) is 28.4 Å². The van der Waals surface area contributed by atoms with E-state index in [9.17, 15) is 0 Å². The smallest absolute Gasteiger partial charge is 0.493 e. The molecule has 0 radical (unpaired) electrons. The van der Waals surface area contributed by atoms with Crippen LogP contribution in [0.15, 0.2) is 143 Å². The van der Waals surface area contributed by atoms with Gasteiger partial charge in [-0.15, -0.1) is 0 Å². The average molecular weight is 911 g/mol. The third-order valence-corrected chi connectivity index (χ3v) is 13.9. The van der Waals surface area contributed by atoms with Crippen molar-refractivity contribution >= 4 is 29.0 Å². The molecule has 0 aliphatic carbocycles. The minimum Gasteiger partial charge on any atom is -0.493 e. The summed E-state index contributed by atoms with van der Waals surface area (Å²) in [6.45, 7) is 13.3. The van der Waals surface area contributed by atoms with Crippen molar-refractivity contribution in [1.29, 1.82) is 0 Å². The summed E-state index contributed by atoms with van der Waals surface area (Å²) in [6, 6.07) is 42.0. The van der Waals surface area contributed by atoms with Crippen molar-refractivity contribution in [3.8, 4) is 57.5 Å². The quantitative estimate of drug-likeness (QED) is 0.0610. The summed E-state index contributed by atoms with van der Waals surface area (Å²) in [5, 5.41) is 0. The molecule has 10 nitrogen and oxygen atoms in total. The second-order valence-electron chi connectivity index (χ2n) is 15.5. The fourth-order valence-electron chi connectivity index (χ4n) is 6.07. The van der Waals surface area contributed by atoms with Crippen molar-refractivity contribution in [2.45, 2.75) is 75.0 Å². The SMILES string of the molecule is CCC(C)(C)c1ccc(OP(Oc2ccccc2OC)Oc2ccccc2OC)c(Sc2cc(C(C)(C)CC)ccc2OP(Oc2ccccc2OC)Oc2ccccc2OC)c1. The molecular formula is C50H56O10P2S. The van der Waals surface area contributed by atoms with Crippen molar-refractivity contribution in [3.63, 3.8) is 0 Å². The van der Waals surface area contributed by atoms with Crippen LogP contribution in [0.4, 0.5) is 0 Å². The van der Waals surface area contributed by atoms with E-state index in [1.165, 1.54) is 11.8 Å². The van der Waals surface area contributed by atoms with E-state index in [-0.39, 0.29) is 10.8 Å². The molecule has 13 heteroatoms. The lowest BCUT2D eigenvalue weighted by Crippen LogP contribution is -2.16. The number of para-hydroxylation sites is 8. The minimum absolute atomic E-state index is 0.148. The summed E-state index contributed by atoms with van der Waals surface area (Å²) >= 11 is 1.51. The molecule has 0 amide bonds. The lowest BCUT2D eigenvalue weighted by atomic mass is 9.82. The van der Waals surface area contributed by atoms with Gasteiger partial charge < -0.3 is 46.1 Å². The monoisotopic (exact) mass is 910 g/mol. The molecule has 0 N–H and O–H groups in total. The normalized spacial score (nSPS) is 11.5. The minimum atomic E-state index is -2.15. The third kappa shape index (κ3) is 12.0. The molecule has 6 aromatic carbocycles. The topological polar surface area (TPSA) is 92.3 Å². The number of methoxy groups -OCH3 is 4. The molecular weight excluding hydrogens is 855 g/mol. The first kappa shape index (κ1) is 47.0. The van der Waals surface area contributed by atoms with E-state index >= 15 is 0 Å². The Morgan fingerprint density at radius 1 is 0.365 bits per heavy atom. The molecule has 0 heterocycles. The van der Waals surface area contributed by atoms with Gasteiger partial charge in [-0.25, -0.2) is 0 Å². The zero-order valence-corrected chi connectivity index (χ0v) is 40.1. The molecule has 0 saturated heterocycles. The largest absolute Gasteiger partial charge is 0.530 e. The summed E-state index contributed by atoms with van der Waals surface area (Å²) in [5.41, 5.74) is 1.97. The second-order valence-corrected chi connectivity index (χ2v) is 18.6. The lowest BCUT2D eigenvalue weighted by Gasteiger charge is -2.27. The molecule has 63 heavy (non-hydrogen) atoms. The Bertz CT molecular complexity index is 2160. The Balaban J connectivity index is 1.47. The first-order chi connectivity index (χ1) is 30.4. The van der Waals surface area contributed by atoms with Gasteiger partial charge in [-0.05, 0) is 108 Å². The standard InChI is InChI=1S/C50H56O10P2S/c1-11-49(3,4)35-29-31-45(59-61(55-41-25-17-13-21-37(41)51-7)56-42-26-18-14-22-38(42)52-8)47(33-35)63-48-34-36(50(5,6)12-2)30-32-46(48)60-62(57-43-27-19-15-23-39(43)53-9)58-44-28-20-16-24-40(44)54-10/h13-34H,11-12H2,1-10H3. The first-order valence-corrected chi connectivity index (χ1v) is 23.6. The molecule has 6 aromatic rings. The van der Waals surface area contributed by atoms with E-state index in [4.69, 9.17) is 46.1 Å². The summed E-state index contributed by atoms with van der Waals surface area (Å²) in [4.78, 5) is 1.62. The highest BCUT2D eigenvalue weighted by atomic mass is 32.2. The molecule has 0 saturated carbocycles. The van der Waals surface area contributed by atoms with Crippen LogP contribution in [0.1, 0.15) is 65.5 Å². The van der Waals surface area contributed by atoms with Gasteiger partial charge in [-0.2, -0.15) is 0 Å². The summed E-state index contributed by atoms with van der Waals surface area (Å²) in [6.07, 6.45) is 1.83. The van der Waals surface area contributed by atoms with Crippen molar-refractivity contribution in [3.05, 3.63) is 145 Å². The van der Waals surface area contributed by atoms with Gasteiger partial charge >= 0.3 is 17.2 Å². The Morgan fingerprint density at radius 2 is 0.619 bits per heavy atom. The molecule has 0 aromatic heterocycles. The zero-order valence-electron chi connectivity index (χ0n) is 37.5. The molecule has 6 rings (SSSR count).